The SMILES string of the molecule is COc1cc(C(=O)Nc2cccc(Cn3nc4ccccn4c3=O)c2)cc(OC)c1OCC(N)=O. The number of carbonyl (C=O) groups excluding carboxylic acids is 2. The molecule has 3 N–H and O–H groups in total. The largest absolute Gasteiger partial charge is 0.493 e. The van der Waals surface area contributed by atoms with Crippen LogP contribution in [0.3, 0.4) is 0 Å². The first kappa shape index (κ1) is 23.4. The molecule has 11 heteroatoms. The number of methoxy groups -OCH3 is 2. The van der Waals surface area contributed by atoms with Crippen LogP contribution < -0.4 is 31.0 Å². The molecule has 0 unspecified atom stereocenters. The Kier molecular flexibility index (Phi) is 6.67. The summed E-state index contributed by atoms with van der Waals surface area (Å²) in [6, 6.07) is 15.3. The van der Waals surface area contributed by atoms with Crippen LogP contribution in [0.25, 0.3) is 5.65 Å². The van der Waals surface area contributed by atoms with Crippen LogP contribution in [0.15, 0.2) is 65.6 Å². The molecule has 0 atom stereocenters. The highest BCUT2D eigenvalue weighted by atomic mass is 16.5. The quantitative estimate of drug-likeness (QED) is 0.374. The van der Waals surface area contributed by atoms with Crippen molar-refractivity contribution in [2.45, 2.75) is 6.54 Å². The third-order valence-electron chi connectivity index (χ3n) is 5.09. The van der Waals surface area contributed by atoms with E-state index in [0.29, 0.717) is 11.3 Å². The lowest BCUT2D eigenvalue weighted by Crippen LogP contribution is -2.21. The van der Waals surface area contributed by atoms with Gasteiger partial charge in [-0.05, 0) is 42.0 Å². The van der Waals surface area contributed by atoms with E-state index < -0.39 is 11.8 Å². The van der Waals surface area contributed by atoms with Crippen molar-refractivity contribution in [3.8, 4) is 17.2 Å². The number of primary amides is 1. The molecule has 0 saturated heterocycles. The van der Waals surface area contributed by atoms with Crippen LogP contribution in [-0.2, 0) is 11.3 Å². The average Bonchev–Trinajstić information content (AvgIpc) is 3.17. The fourth-order valence-electron chi connectivity index (χ4n) is 3.49. The third kappa shape index (κ3) is 5.08. The maximum atomic E-state index is 13.0. The van der Waals surface area contributed by atoms with Crippen LogP contribution in [0, 0.1) is 0 Å². The Hall–Kier alpha value is -4.80. The van der Waals surface area contributed by atoms with Crippen LogP contribution in [0.5, 0.6) is 17.2 Å². The summed E-state index contributed by atoms with van der Waals surface area (Å²) in [7, 11) is 2.80. The van der Waals surface area contributed by atoms with Gasteiger partial charge in [0, 0.05) is 17.4 Å². The number of carbonyl (C=O) groups is 2. The average molecular weight is 477 g/mol. The number of benzene rings is 2. The van der Waals surface area contributed by atoms with E-state index in [4.69, 9.17) is 19.9 Å². The number of anilines is 1. The molecule has 2 heterocycles. The molecular weight excluding hydrogens is 454 g/mol. The van der Waals surface area contributed by atoms with Gasteiger partial charge in [0.05, 0.1) is 20.8 Å². The number of nitrogens with zero attached hydrogens (tertiary/aromatic N) is 3. The second-order valence-corrected chi connectivity index (χ2v) is 7.49. The van der Waals surface area contributed by atoms with E-state index in [0.717, 1.165) is 5.56 Å². The van der Waals surface area contributed by atoms with E-state index in [9.17, 15) is 14.4 Å². The van der Waals surface area contributed by atoms with Crippen molar-refractivity contribution in [3.05, 3.63) is 82.4 Å². The van der Waals surface area contributed by atoms with Crippen molar-refractivity contribution in [3.63, 3.8) is 0 Å². The number of aromatic nitrogens is 3. The van der Waals surface area contributed by atoms with Crippen LogP contribution in [0.4, 0.5) is 5.69 Å². The van der Waals surface area contributed by atoms with Crippen molar-refractivity contribution in [1.82, 2.24) is 14.2 Å². The molecule has 0 spiro atoms. The van der Waals surface area contributed by atoms with E-state index >= 15 is 0 Å². The van der Waals surface area contributed by atoms with Crippen molar-refractivity contribution < 1.29 is 23.8 Å². The fraction of sp³-hybridized carbons (Fsp3) is 0.167. The molecule has 11 nitrogen and oxygen atoms in total. The van der Waals surface area contributed by atoms with Crippen LogP contribution in [0.1, 0.15) is 15.9 Å². The van der Waals surface area contributed by atoms with Gasteiger partial charge in [-0.3, -0.25) is 14.0 Å². The molecule has 0 saturated carbocycles. The number of hydrogen-bond acceptors (Lipinski definition) is 7. The molecule has 4 aromatic rings. The standard InChI is InChI=1S/C24H23N5O6/c1-33-18-11-16(12-19(34-2)22(18)35-14-20(25)30)23(31)26-17-7-5-6-15(10-17)13-29-24(32)28-9-4-3-8-21(28)27-29/h3-12H,13-14H2,1-2H3,(H2,25,30)(H,26,31). The molecule has 0 fully saturated rings. The minimum Gasteiger partial charge on any atom is -0.493 e. The minimum atomic E-state index is -0.665. The van der Waals surface area contributed by atoms with E-state index in [1.165, 1.54) is 35.4 Å². The Morgan fingerprint density at radius 1 is 1.03 bits per heavy atom. The summed E-state index contributed by atoms with van der Waals surface area (Å²) in [5, 5.41) is 7.15. The lowest BCUT2D eigenvalue weighted by atomic mass is 10.1. The molecule has 0 radical (unpaired) electrons. The number of fused-ring (bicyclic) bond motifs is 1. The Labute approximate surface area is 199 Å². The molecule has 2 amide bonds. The second-order valence-electron chi connectivity index (χ2n) is 7.49. The number of nitrogens with one attached hydrogen (secondary N) is 1. The summed E-state index contributed by atoms with van der Waals surface area (Å²) in [5.41, 5.74) is 6.98. The van der Waals surface area contributed by atoms with Crippen molar-refractivity contribution in [2.75, 3.05) is 26.1 Å². The zero-order valence-electron chi connectivity index (χ0n) is 19.1. The topological polar surface area (TPSA) is 139 Å². The summed E-state index contributed by atoms with van der Waals surface area (Å²) in [6.45, 7) is -0.141. The molecule has 0 aliphatic carbocycles. The predicted octanol–water partition coefficient (Wildman–Crippen LogP) is 1.68. The van der Waals surface area contributed by atoms with Gasteiger partial charge in [0.1, 0.15) is 0 Å². The first-order valence-electron chi connectivity index (χ1n) is 10.5. The Morgan fingerprint density at radius 2 is 1.77 bits per heavy atom. The molecule has 2 aromatic carbocycles. The Morgan fingerprint density at radius 3 is 2.43 bits per heavy atom. The van der Waals surface area contributed by atoms with Crippen LogP contribution >= 0.6 is 0 Å². The van der Waals surface area contributed by atoms with E-state index in [1.807, 2.05) is 12.1 Å². The highest BCUT2D eigenvalue weighted by Crippen LogP contribution is 2.38. The Bertz CT molecular complexity index is 1430. The number of rotatable bonds is 9. The number of hydrogen-bond donors (Lipinski definition) is 2. The van der Waals surface area contributed by atoms with E-state index in [1.54, 1.807) is 36.5 Å². The van der Waals surface area contributed by atoms with Crippen molar-refractivity contribution in [1.29, 1.82) is 0 Å². The highest BCUT2D eigenvalue weighted by molar-refractivity contribution is 6.05. The lowest BCUT2D eigenvalue weighted by molar-refractivity contribution is -0.120. The first-order chi connectivity index (χ1) is 16.9. The zero-order valence-corrected chi connectivity index (χ0v) is 19.1. The second kappa shape index (κ2) is 10.00. The number of amides is 2. The molecule has 2 aromatic heterocycles. The summed E-state index contributed by atoms with van der Waals surface area (Å²) in [5.74, 6) is -0.525. The van der Waals surface area contributed by atoms with Crippen molar-refractivity contribution >= 4 is 23.1 Å². The molecule has 180 valence electrons. The summed E-state index contributed by atoms with van der Waals surface area (Å²) >= 11 is 0. The van der Waals surface area contributed by atoms with Gasteiger partial charge < -0.3 is 25.3 Å². The fourth-order valence-corrected chi connectivity index (χ4v) is 3.49. The van der Waals surface area contributed by atoms with Gasteiger partial charge in [0.15, 0.2) is 23.8 Å². The molecule has 0 aliphatic heterocycles. The van der Waals surface area contributed by atoms with Gasteiger partial charge in [0.25, 0.3) is 11.8 Å². The third-order valence-corrected chi connectivity index (χ3v) is 5.09. The molecule has 0 aliphatic rings. The van der Waals surface area contributed by atoms with Gasteiger partial charge in [-0.25, -0.2) is 9.48 Å². The van der Waals surface area contributed by atoms with Gasteiger partial charge in [0.2, 0.25) is 5.75 Å². The maximum Gasteiger partial charge on any atom is 0.350 e. The summed E-state index contributed by atoms with van der Waals surface area (Å²) in [6.07, 6.45) is 1.66. The Balaban J connectivity index is 1.55. The molecular formula is C24H23N5O6. The highest BCUT2D eigenvalue weighted by Gasteiger charge is 2.19. The van der Waals surface area contributed by atoms with E-state index in [-0.39, 0.29) is 41.7 Å². The number of pyridine rings is 1. The maximum absolute atomic E-state index is 13.0. The summed E-state index contributed by atoms with van der Waals surface area (Å²) < 4.78 is 18.8. The molecule has 35 heavy (non-hydrogen) atoms. The minimum absolute atomic E-state index is 0.158. The lowest BCUT2D eigenvalue weighted by Gasteiger charge is -2.15. The van der Waals surface area contributed by atoms with Crippen molar-refractivity contribution in [2.24, 2.45) is 5.73 Å². The first-order valence-corrected chi connectivity index (χ1v) is 10.5. The molecule has 0 bridgehead atoms. The smallest absolute Gasteiger partial charge is 0.350 e. The van der Waals surface area contributed by atoms with Gasteiger partial charge in [-0.15, -0.1) is 5.10 Å². The predicted molar refractivity (Wildman–Crippen MR) is 127 cm³/mol. The number of ether oxygens (including phenoxy) is 3. The molecule has 4 rings (SSSR count). The summed E-state index contributed by atoms with van der Waals surface area (Å²) in [4.78, 5) is 36.6. The van der Waals surface area contributed by atoms with Gasteiger partial charge in [-0.2, -0.15) is 0 Å². The normalized spacial score (nSPS) is 10.7. The zero-order chi connectivity index (χ0) is 24.9. The van der Waals surface area contributed by atoms with Crippen LogP contribution in [-0.4, -0.2) is 46.8 Å². The number of nitrogens with two attached hydrogens (primary N) is 1. The van der Waals surface area contributed by atoms with Gasteiger partial charge in [-0.1, -0.05) is 18.2 Å². The van der Waals surface area contributed by atoms with Crippen LogP contribution in [0.2, 0.25) is 0 Å². The van der Waals surface area contributed by atoms with Gasteiger partial charge >= 0.3 is 5.69 Å². The monoisotopic (exact) mass is 477 g/mol. The van der Waals surface area contributed by atoms with E-state index in [2.05, 4.69) is 10.4 Å².